The number of hydrogen-bond acceptors (Lipinski definition) is 2. The van der Waals surface area contributed by atoms with Gasteiger partial charge in [0.25, 0.3) is 0 Å². The van der Waals surface area contributed by atoms with Crippen LogP contribution in [0.3, 0.4) is 0 Å². The van der Waals surface area contributed by atoms with E-state index in [1.807, 2.05) is 0 Å². The molecule has 0 aliphatic carbocycles. The van der Waals surface area contributed by atoms with Gasteiger partial charge >= 0.3 is 0 Å². The van der Waals surface area contributed by atoms with E-state index in [0.717, 1.165) is 0 Å². The maximum atomic E-state index is 13.5. The highest BCUT2D eigenvalue weighted by Gasteiger charge is 2.29. The monoisotopic (exact) mass is 344 g/mol. The minimum atomic E-state index is -2.28. The lowest BCUT2D eigenvalue weighted by Crippen LogP contribution is -2.11. The third-order valence-electron chi connectivity index (χ3n) is 3.40. The fourth-order valence-corrected chi connectivity index (χ4v) is 2.13. The van der Waals surface area contributed by atoms with Gasteiger partial charge in [0.2, 0.25) is 5.82 Å². The maximum absolute atomic E-state index is 13.5. The SMILES string of the molecule is O[C@H](/C=C\C[C@H](O)c1c(F)c(F)c(F)c(F)c1F)c1ccccc1. The van der Waals surface area contributed by atoms with Gasteiger partial charge in [-0.15, -0.1) is 0 Å². The van der Waals surface area contributed by atoms with Crippen LogP contribution in [-0.4, -0.2) is 10.2 Å². The van der Waals surface area contributed by atoms with Crippen molar-refractivity contribution in [3.05, 3.63) is 82.7 Å². The molecule has 0 aliphatic rings. The molecular weight excluding hydrogens is 331 g/mol. The molecule has 2 nitrogen and oxygen atoms in total. The Kier molecular flexibility index (Phi) is 5.69. The molecule has 0 radical (unpaired) electrons. The average Bonchev–Trinajstić information content (AvgIpc) is 2.59. The number of hydrogen-bond donors (Lipinski definition) is 2. The van der Waals surface area contributed by atoms with Crippen LogP contribution in [0.2, 0.25) is 0 Å². The lowest BCUT2D eigenvalue weighted by atomic mass is 10.0. The zero-order valence-electron chi connectivity index (χ0n) is 12.2. The van der Waals surface area contributed by atoms with E-state index in [9.17, 15) is 32.2 Å². The van der Waals surface area contributed by atoms with Gasteiger partial charge in [0.1, 0.15) is 0 Å². The van der Waals surface area contributed by atoms with E-state index < -0.39 is 53.3 Å². The first-order chi connectivity index (χ1) is 11.3. The van der Waals surface area contributed by atoms with Crippen molar-refractivity contribution in [2.24, 2.45) is 0 Å². The summed E-state index contributed by atoms with van der Waals surface area (Å²) in [6, 6.07) is 8.39. The minimum absolute atomic E-state index is 0.442. The predicted octanol–water partition coefficient (Wildman–Crippen LogP) is 4.10. The molecule has 0 spiro atoms. The van der Waals surface area contributed by atoms with Gasteiger partial charge in [0.05, 0.1) is 17.8 Å². The summed E-state index contributed by atoms with van der Waals surface area (Å²) in [4.78, 5) is 0. The van der Waals surface area contributed by atoms with E-state index in [1.54, 1.807) is 30.3 Å². The summed E-state index contributed by atoms with van der Waals surface area (Å²) in [6.45, 7) is 0. The van der Waals surface area contributed by atoms with Gasteiger partial charge in [-0.1, -0.05) is 42.5 Å². The van der Waals surface area contributed by atoms with Gasteiger partial charge in [0, 0.05) is 0 Å². The first kappa shape index (κ1) is 18.1. The number of benzene rings is 2. The van der Waals surface area contributed by atoms with Crippen LogP contribution >= 0.6 is 0 Å². The van der Waals surface area contributed by atoms with Gasteiger partial charge in [-0.05, 0) is 12.0 Å². The fraction of sp³-hybridized carbons (Fsp3) is 0.176. The van der Waals surface area contributed by atoms with Crippen LogP contribution < -0.4 is 0 Å². The second-order valence-electron chi connectivity index (χ2n) is 5.02. The zero-order valence-corrected chi connectivity index (χ0v) is 12.2. The van der Waals surface area contributed by atoms with Gasteiger partial charge in [-0.2, -0.15) is 0 Å². The molecule has 0 fully saturated rings. The lowest BCUT2D eigenvalue weighted by Gasteiger charge is -2.13. The summed E-state index contributed by atoms with van der Waals surface area (Å²) in [7, 11) is 0. The Balaban J connectivity index is 2.16. The largest absolute Gasteiger partial charge is 0.388 e. The maximum Gasteiger partial charge on any atom is 0.200 e. The van der Waals surface area contributed by atoms with Crippen molar-refractivity contribution in [2.45, 2.75) is 18.6 Å². The molecule has 2 atom stereocenters. The van der Waals surface area contributed by atoms with Crippen molar-refractivity contribution in [2.75, 3.05) is 0 Å². The zero-order chi connectivity index (χ0) is 17.9. The number of aliphatic hydroxyl groups is 2. The fourth-order valence-electron chi connectivity index (χ4n) is 2.13. The highest BCUT2D eigenvalue weighted by Crippen LogP contribution is 2.29. The van der Waals surface area contributed by atoms with Crippen molar-refractivity contribution in [3.63, 3.8) is 0 Å². The highest BCUT2D eigenvalue weighted by atomic mass is 19.2. The van der Waals surface area contributed by atoms with Gasteiger partial charge in [0.15, 0.2) is 23.3 Å². The second kappa shape index (κ2) is 7.55. The van der Waals surface area contributed by atoms with Crippen molar-refractivity contribution in [1.29, 1.82) is 0 Å². The van der Waals surface area contributed by atoms with E-state index in [1.165, 1.54) is 12.2 Å². The molecule has 0 saturated heterocycles. The van der Waals surface area contributed by atoms with Crippen molar-refractivity contribution < 1.29 is 32.2 Å². The number of rotatable bonds is 5. The first-order valence-electron chi connectivity index (χ1n) is 6.93. The third kappa shape index (κ3) is 3.63. The van der Waals surface area contributed by atoms with Crippen LogP contribution in [0.25, 0.3) is 0 Å². The topological polar surface area (TPSA) is 40.5 Å². The van der Waals surface area contributed by atoms with Crippen LogP contribution in [0, 0.1) is 29.1 Å². The predicted molar refractivity (Wildman–Crippen MR) is 76.4 cm³/mol. The van der Waals surface area contributed by atoms with Crippen LogP contribution in [0.4, 0.5) is 22.0 Å². The molecule has 2 N–H and O–H groups in total. The molecule has 2 aromatic carbocycles. The molecule has 7 heteroatoms. The molecule has 0 heterocycles. The molecular formula is C17H13F5O2. The van der Waals surface area contributed by atoms with Crippen LogP contribution in [0.5, 0.6) is 0 Å². The molecule has 0 amide bonds. The standard InChI is InChI=1S/C17H13F5O2/c18-13-12(14(19)16(21)17(22)15(13)20)11(24)8-4-7-10(23)9-5-2-1-3-6-9/h1-7,10-11,23-24H,8H2/b7-4-/t10-,11+/m1/s1. The molecule has 0 aromatic heterocycles. The van der Waals surface area contributed by atoms with E-state index in [2.05, 4.69) is 0 Å². The van der Waals surface area contributed by atoms with Gasteiger partial charge in [-0.3, -0.25) is 0 Å². The normalized spacial score (nSPS) is 14.1. The molecule has 0 bridgehead atoms. The van der Waals surface area contributed by atoms with Crippen molar-refractivity contribution in [1.82, 2.24) is 0 Å². The highest BCUT2D eigenvalue weighted by molar-refractivity contribution is 5.27. The van der Waals surface area contributed by atoms with E-state index in [4.69, 9.17) is 0 Å². The molecule has 0 saturated carbocycles. The third-order valence-corrected chi connectivity index (χ3v) is 3.40. The van der Waals surface area contributed by atoms with Crippen molar-refractivity contribution in [3.8, 4) is 0 Å². The van der Waals surface area contributed by atoms with Crippen LogP contribution in [0.1, 0.15) is 29.8 Å². The summed E-state index contributed by atoms with van der Waals surface area (Å²) < 4.78 is 66.3. The van der Waals surface area contributed by atoms with E-state index >= 15 is 0 Å². The van der Waals surface area contributed by atoms with E-state index in [-0.39, 0.29) is 0 Å². The Bertz CT molecular complexity index is 717. The van der Waals surface area contributed by atoms with Crippen LogP contribution in [-0.2, 0) is 0 Å². The second-order valence-corrected chi connectivity index (χ2v) is 5.02. The number of halogens is 5. The molecule has 0 aliphatic heterocycles. The Labute approximate surface area is 134 Å². The summed E-state index contributed by atoms with van der Waals surface area (Å²) in [6.07, 6.45) is -0.989. The molecule has 2 rings (SSSR count). The molecule has 2 aromatic rings. The van der Waals surface area contributed by atoms with Crippen LogP contribution in [0.15, 0.2) is 42.5 Å². The summed E-state index contributed by atoms with van der Waals surface area (Å²) in [5.74, 6) is -10.7. The summed E-state index contributed by atoms with van der Waals surface area (Å²) >= 11 is 0. The minimum Gasteiger partial charge on any atom is -0.388 e. The molecule has 128 valence electrons. The Morgan fingerprint density at radius 2 is 1.29 bits per heavy atom. The average molecular weight is 344 g/mol. The Morgan fingerprint density at radius 1 is 0.792 bits per heavy atom. The van der Waals surface area contributed by atoms with E-state index in [0.29, 0.717) is 5.56 Å². The summed E-state index contributed by atoms with van der Waals surface area (Å²) in [5.41, 5.74) is -0.760. The summed E-state index contributed by atoms with van der Waals surface area (Å²) in [5, 5.41) is 19.6. The Morgan fingerprint density at radius 3 is 1.83 bits per heavy atom. The number of aliphatic hydroxyl groups excluding tert-OH is 2. The van der Waals surface area contributed by atoms with Gasteiger partial charge < -0.3 is 10.2 Å². The smallest absolute Gasteiger partial charge is 0.200 e. The Hall–Kier alpha value is -2.25. The quantitative estimate of drug-likeness (QED) is 0.371. The first-order valence-corrected chi connectivity index (χ1v) is 6.93. The van der Waals surface area contributed by atoms with Crippen molar-refractivity contribution >= 4 is 0 Å². The molecule has 0 unspecified atom stereocenters. The molecule has 24 heavy (non-hydrogen) atoms. The lowest BCUT2D eigenvalue weighted by molar-refractivity contribution is 0.165. The van der Waals surface area contributed by atoms with Gasteiger partial charge in [-0.25, -0.2) is 22.0 Å².